The van der Waals surface area contributed by atoms with Gasteiger partial charge in [-0.05, 0) is 38.1 Å². The highest BCUT2D eigenvalue weighted by atomic mass is 35.5. The number of hydrogen-bond acceptors (Lipinski definition) is 5. The van der Waals surface area contributed by atoms with Crippen molar-refractivity contribution in [3.05, 3.63) is 11.1 Å². The molecule has 1 aliphatic heterocycles. The first-order valence-corrected chi connectivity index (χ1v) is 10.2. The number of likely N-dealkylation sites (tertiary alicyclic amines) is 1. The Morgan fingerprint density at radius 2 is 1.89 bits per heavy atom. The van der Waals surface area contributed by atoms with E-state index in [0.29, 0.717) is 17.6 Å². The van der Waals surface area contributed by atoms with Gasteiger partial charge in [0.2, 0.25) is 11.8 Å². The first kappa shape index (κ1) is 24.1. The van der Waals surface area contributed by atoms with Crippen LogP contribution in [0.3, 0.4) is 0 Å². The Labute approximate surface area is 177 Å². The van der Waals surface area contributed by atoms with Crippen LogP contribution in [0.15, 0.2) is 5.38 Å². The molecule has 0 bridgehead atoms. The number of aromatic nitrogens is 1. The van der Waals surface area contributed by atoms with Crippen LogP contribution >= 0.6 is 36.2 Å². The minimum absolute atomic E-state index is 0. The van der Waals surface area contributed by atoms with Crippen LogP contribution in [-0.4, -0.2) is 47.4 Å². The first-order valence-electron chi connectivity index (χ1n) is 9.27. The number of piperidine rings is 1. The molecule has 6 nitrogen and oxygen atoms in total. The second-order valence-corrected chi connectivity index (χ2v) is 8.33. The van der Waals surface area contributed by atoms with Crippen LogP contribution in [0.1, 0.15) is 45.2 Å². The van der Waals surface area contributed by atoms with Gasteiger partial charge in [-0.3, -0.25) is 9.59 Å². The summed E-state index contributed by atoms with van der Waals surface area (Å²) in [5, 5.41) is 8.85. The number of halogens is 2. The lowest BCUT2D eigenvalue weighted by Crippen LogP contribution is -2.45. The molecule has 0 aromatic carbocycles. The minimum atomic E-state index is -0.0798. The van der Waals surface area contributed by atoms with E-state index in [0.717, 1.165) is 44.1 Å². The van der Waals surface area contributed by atoms with Crippen molar-refractivity contribution in [3.63, 3.8) is 0 Å². The van der Waals surface area contributed by atoms with Crippen molar-refractivity contribution in [2.75, 3.05) is 25.0 Å². The Bertz CT molecular complexity index is 614. The Kier molecular flexibility index (Phi) is 10.0. The monoisotopic (exact) mass is 436 g/mol. The van der Waals surface area contributed by atoms with E-state index in [-0.39, 0.29) is 42.5 Å². The molecule has 27 heavy (non-hydrogen) atoms. The molecule has 1 aromatic heterocycles. The van der Waals surface area contributed by atoms with Crippen molar-refractivity contribution in [2.45, 2.75) is 52.0 Å². The van der Waals surface area contributed by atoms with Gasteiger partial charge in [-0.1, -0.05) is 13.8 Å². The average molecular weight is 437 g/mol. The van der Waals surface area contributed by atoms with Crippen molar-refractivity contribution in [3.8, 4) is 0 Å². The standard InChI is InChI=1S/C18H28N4O2S.2ClH/c1-12(2)17(24)21-18-20-15(11-25-18)9-16(23)22-7-5-14(6-8-22)19-10-13-3-4-13;;/h11-14,19H,3-10H2,1-2H3,(H,20,21,24);2*1H. The van der Waals surface area contributed by atoms with E-state index in [1.807, 2.05) is 24.1 Å². The number of carbonyl (C=O) groups excluding carboxylic acids is 2. The molecule has 2 heterocycles. The summed E-state index contributed by atoms with van der Waals surface area (Å²) in [6, 6.07) is 0.557. The molecule has 2 aliphatic rings. The van der Waals surface area contributed by atoms with Gasteiger partial charge in [0.15, 0.2) is 5.13 Å². The van der Waals surface area contributed by atoms with Gasteiger partial charge in [-0.15, -0.1) is 36.2 Å². The van der Waals surface area contributed by atoms with Crippen molar-refractivity contribution < 1.29 is 9.59 Å². The molecule has 2 fully saturated rings. The fourth-order valence-corrected chi connectivity index (χ4v) is 3.66. The fraction of sp³-hybridized carbons (Fsp3) is 0.722. The maximum Gasteiger partial charge on any atom is 0.228 e. The zero-order valence-corrected chi connectivity index (χ0v) is 18.4. The summed E-state index contributed by atoms with van der Waals surface area (Å²) in [4.78, 5) is 30.5. The van der Waals surface area contributed by atoms with Crippen molar-refractivity contribution >= 4 is 53.1 Å². The van der Waals surface area contributed by atoms with Gasteiger partial charge in [-0.2, -0.15) is 0 Å². The van der Waals surface area contributed by atoms with Gasteiger partial charge in [0, 0.05) is 30.4 Å². The largest absolute Gasteiger partial charge is 0.342 e. The summed E-state index contributed by atoms with van der Waals surface area (Å²) in [6.07, 6.45) is 5.12. The molecule has 2 N–H and O–H groups in total. The predicted molar refractivity (Wildman–Crippen MR) is 114 cm³/mol. The average Bonchev–Trinajstić information content (AvgIpc) is 3.33. The smallest absolute Gasteiger partial charge is 0.228 e. The van der Waals surface area contributed by atoms with Gasteiger partial charge in [0.25, 0.3) is 0 Å². The van der Waals surface area contributed by atoms with Crippen LogP contribution in [0.5, 0.6) is 0 Å². The molecular formula is C18H30Cl2N4O2S. The lowest BCUT2D eigenvalue weighted by atomic mass is 10.0. The minimum Gasteiger partial charge on any atom is -0.342 e. The van der Waals surface area contributed by atoms with E-state index in [4.69, 9.17) is 0 Å². The van der Waals surface area contributed by atoms with Crippen LogP contribution in [0.4, 0.5) is 5.13 Å². The molecule has 2 amide bonds. The summed E-state index contributed by atoms with van der Waals surface area (Å²) in [6.45, 7) is 6.47. The van der Waals surface area contributed by atoms with Crippen LogP contribution in [-0.2, 0) is 16.0 Å². The molecule has 154 valence electrons. The predicted octanol–water partition coefficient (Wildman–Crippen LogP) is 3.11. The van der Waals surface area contributed by atoms with Gasteiger partial charge >= 0.3 is 0 Å². The number of nitrogens with zero attached hydrogens (tertiary/aromatic N) is 2. The maximum atomic E-state index is 12.5. The van der Waals surface area contributed by atoms with Gasteiger partial charge in [0.05, 0.1) is 12.1 Å². The Balaban J connectivity index is 0.00000182. The van der Waals surface area contributed by atoms with E-state index in [2.05, 4.69) is 15.6 Å². The zero-order chi connectivity index (χ0) is 17.8. The topological polar surface area (TPSA) is 74.3 Å². The van der Waals surface area contributed by atoms with Crippen LogP contribution in [0, 0.1) is 11.8 Å². The first-order chi connectivity index (χ1) is 12.0. The van der Waals surface area contributed by atoms with E-state index in [9.17, 15) is 9.59 Å². The van der Waals surface area contributed by atoms with E-state index in [1.165, 1.54) is 24.2 Å². The van der Waals surface area contributed by atoms with Gasteiger partial charge in [-0.25, -0.2) is 4.98 Å². The third kappa shape index (κ3) is 7.56. The summed E-state index contributed by atoms with van der Waals surface area (Å²) in [5.41, 5.74) is 0.739. The number of nitrogens with one attached hydrogen (secondary N) is 2. The number of hydrogen-bond donors (Lipinski definition) is 2. The summed E-state index contributed by atoms with van der Waals surface area (Å²) in [5.74, 6) is 0.902. The lowest BCUT2D eigenvalue weighted by Gasteiger charge is -2.32. The molecule has 0 unspecified atom stereocenters. The highest BCUT2D eigenvalue weighted by Gasteiger charge is 2.26. The molecule has 0 atom stereocenters. The number of thiazole rings is 1. The van der Waals surface area contributed by atoms with Crippen LogP contribution < -0.4 is 10.6 Å². The van der Waals surface area contributed by atoms with Crippen molar-refractivity contribution in [1.29, 1.82) is 0 Å². The molecule has 1 aliphatic carbocycles. The molecule has 0 radical (unpaired) electrons. The molecule has 3 rings (SSSR count). The quantitative estimate of drug-likeness (QED) is 0.688. The van der Waals surface area contributed by atoms with Gasteiger partial charge < -0.3 is 15.5 Å². The summed E-state index contributed by atoms with van der Waals surface area (Å²) < 4.78 is 0. The molecule has 9 heteroatoms. The Hall–Kier alpha value is -0.890. The van der Waals surface area contributed by atoms with Crippen molar-refractivity contribution in [2.24, 2.45) is 11.8 Å². The molecule has 1 saturated carbocycles. The van der Waals surface area contributed by atoms with Crippen LogP contribution in [0.2, 0.25) is 0 Å². The SMILES string of the molecule is CC(C)C(=O)Nc1nc(CC(=O)N2CCC(NCC3CC3)CC2)cs1.Cl.Cl. The maximum absolute atomic E-state index is 12.5. The third-order valence-corrected chi connectivity index (χ3v) is 5.68. The Morgan fingerprint density at radius 3 is 2.48 bits per heavy atom. The Morgan fingerprint density at radius 1 is 1.22 bits per heavy atom. The molecular weight excluding hydrogens is 407 g/mol. The van der Waals surface area contributed by atoms with Gasteiger partial charge in [0.1, 0.15) is 0 Å². The fourth-order valence-electron chi connectivity index (χ4n) is 2.95. The highest BCUT2D eigenvalue weighted by molar-refractivity contribution is 7.13. The normalized spacial score (nSPS) is 17.2. The molecule has 0 spiro atoms. The number of rotatable bonds is 7. The summed E-state index contributed by atoms with van der Waals surface area (Å²) in [7, 11) is 0. The lowest BCUT2D eigenvalue weighted by molar-refractivity contribution is -0.131. The number of anilines is 1. The van der Waals surface area contributed by atoms with E-state index < -0.39 is 0 Å². The molecule has 1 saturated heterocycles. The zero-order valence-electron chi connectivity index (χ0n) is 15.9. The third-order valence-electron chi connectivity index (χ3n) is 4.88. The second kappa shape index (κ2) is 11.2. The molecule has 1 aromatic rings. The number of amides is 2. The number of carbonyl (C=O) groups is 2. The van der Waals surface area contributed by atoms with Crippen LogP contribution in [0.25, 0.3) is 0 Å². The summed E-state index contributed by atoms with van der Waals surface area (Å²) >= 11 is 1.38. The van der Waals surface area contributed by atoms with E-state index >= 15 is 0 Å². The van der Waals surface area contributed by atoms with Crippen molar-refractivity contribution in [1.82, 2.24) is 15.2 Å². The highest BCUT2D eigenvalue weighted by Crippen LogP contribution is 2.28. The second-order valence-electron chi connectivity index (χ2n) is 7.47. The van der Waals surface area contributed by atoms with E-state index in [1.54, 1.807) is 0 Å².